The van der Waals surface area contributed by atoms with Crippen molar-refractivity contribution < 1.29 is 4.39 Å². The van der Waals surface area contributed by atoms with Crippen molar-refractivity contribution in [1.29, 1.82) is 0 Å². The third-order valence-corrected chi connectivity index (χ3v) is 3.68. The van der Waals surface area contributed by atoms with Crippen molar-refractivity contribution in [3.63, 3.8) is 0 Å². The van der Waals surface area contributed by atoms with E-state index in [1.54, 1.807) is 6.20 Å². The van der Waals surface area contributed by atoms with Crippen LogP contribution in [0.2, 0.25) is 5.15 Å². The third-order valence-electron chi connectivity index (χ3n) is 3.47. The van der Waals surface area contributed by atoms with E-state index in [2.05, 4.69) is 23.8 Å². The van der Waals surface area contributed by atoms with Crippen molar-refractivity contribution in [3.05, 3.63) is 29.3 Å². The Morgan fingerprint density at radius 1 is 1.26 bits per heavy atom. The molecule has 0 N–H and O–H groups in total. The van der Waals surface area contributed by atoms with Gasteiger partial charge in [-0.2, -0.15) is 0 Å². The molecular formula is C14H15ClFN3. The van der Waals surface area contributed by atoms with E-state index in [0.29, 0.717) is 24.2 Å². The fourth-order valence-electron chi connectivity index (χ4n) is 2.45. The molecule has 3 rings (SSSR count). The Hall–Kier alpha value is -1.42. The van der Waals surface area contributed by atoms with Crippen molar-refractivity contribution in [1.82, 2.24) is 9.97 Å². The lowest BCUT2D eigenvalue weighted by molar-refractivity contribution is 0.275. The van der Waals surface area contributed by atoms with E-state index >= 15 is 0 Å². The molecule has 0 unspecified atom stereocenters. The third kappa shape index (κ3) is 2.14. The second-order valence-electron chi connectivity index (χ2n) is 5.24. The molecule has 1 aliphatic heterocycles. The van der Waals surface area contributed by atoms with E-state index in [1.165, 1.54) is 0 Å². The Bertz CT molecular complexity index is 623. The van der Waals surface area contributed by atoms with E-state index in [1.807, 2.05) is 17.2 Å². The lowest BCUT2D eigenvalue weighted by atomic mass is 10.0. The maximum absolute atomic E-state index is 13.0. The lowest BCUT2D eigenvalue weighted by Crippen LogP contribution is -2.48. The smallest absolute Gasteiger partial charge is 0.135 e. The minimum Gasteiger partial charge on any atom is -0.364 e. The molecule has 100 valence electrons. The van der Waals surface area contributed by atoms with Gasteiger partial charge in [0.15, 0.2) is 0 Å². The average molecular weight is 280 g/mol. The minimum absolute atomic E-state index is 0.306. The Morgan fingerprint density at radius 3 is 2.63 bits per heavy atom. The number of alkyl halides is 1. The summed E-state index contributed by atoms with van der Waals surface area (Å²) in [5, 5.41) is 2.46. The molecule has 1 aliphatic rings. The van der Waals surface area contributed by atoms with Crippen LogP contribution in [-0.2, 0) is 0 Å². The summed E-state index contributed by atoms with van der Waals surface area (Å²) < 4.78 is 13.0. The molecule has 0 atom stereocenters. The second kappa shape index (κ2) is 4.60. The normalized spacial score (nSPS) is 16.2. The van der Waals surface area contributed by atoms with Crippen molar-refractivity contribution in [2.75, 3.05) is 18.0 Å². The largest absolute Gasteiger partial charge is 0.364 e. The first-order chi connectivity index (χ1) is 9.06. The van der Waals surface area contributed by atoms with Gasteiger partial charge >= 0.3 is 0 Å². The first kappa shape index (κ1) is 12.6. The van der Waals surface area contributed by atoms with Crippen LogP contribution in [0.25, 0.3) is 10.8 Å². The van der Waals surface area contributed by atoms with Crippen molar-refractivity contribution in [2.45, 2.75) is 25.9 Å². The van der Waals surface area contributed by atoms with Gasteiger partial charge in [0, 0.05) is 17.0 Å². The number of rotatable bonds is 2. The highest BCUT2D eigenvalue weighted by molar-refractivity contribution is 6.30. The van der Waals surface area contributed by atoms with Crippen LogP contribution in [0.5, 0.6) is 0 Å². The summed E-state index contributed by atoms with van der Waals surface area (Å²) in [6.07, 6.45) is 2.84. The van der Waals surface area contributed by atoms with E-state index in [4.69, 9.17) is 11.6 Å². The average Bonchev–Trinajstić information content (AvgIpc) is 2.33. The predicted molar refractivity (Wildman–Crippen MR) is 75.7 cm³/mol. The molecule has 0 radical (unpaired) electrons. The van der Waals surface area contributed by atoms with Crippen LogP contribution in [0.15, 0.2) is 18.5 Å². The molecule has 19 heavy (non-hydrogen) atoms. The van der Waals surface area contributed by atoms with Crippen LogP contribution in [0.1, 0.15) is 25.5 Å². The molecule has 0 spiro atoms. The highest BCUT2D eigenvalue weighted by Crippen LogP contribution is 2.34. The summed E-state index contributed by atoms with van der Waals surface area (Å²) in [7, 11) is 0. The topological polar surface area (TPSA) is 29.0 Å². The highest BCUT2D eigenvalue weighted by Gasteiger charge is 2.28. The fraction of sp³-hybridized carbons (Fsp3) is 0.429. The summed E-state index contributed by atoms with van der Waals surface area (Å²) in [6, 6.07) is 1.84. The van der Waals surface area contributed by atoms with Gasteiger partial charge in [-0.25, -0.2) is 9.37 Å². The van der Waals surface area contributed by atoms with Gasteiger partial charge in [-0.1, -0.05) is 25.4 Å². The number of pyridine rings is 2. The number of aromatic nitrogens is 2. The summed E-state index contributed by atoms with van der Waals surface area (Å²) in [6.45, 7) is 5.05. The summed E-state index contributed by atoms with van der Waals surface area (Å²) in [5.74, 6) is 0.306. The molecule has 1 saturated heterocycles. The Morgan fingerprint density at radius 2 is 2.00 bits per heavy atom. The molecule has 2 aromatic rings. The first-order valence-corrected chi connectivity index (χ1v) is 6.77. The van der Waals surface area contributed by atoms with E-state index in [9.17, 15) is 4.39 Å². The van der Waals surface area contributed by atoms with Gasteiger partial charge < -0.3 is 4.90 Å². The Labute approximate surface area is 116 Å². The zero-order valence-corrected chi connectivity index (χ0v) is 11.7. The van der Waals surface area contributed by atoms with Gasteiger partial charge in [0.05, 0.1) is 30.7 Å². The maximum atomic E-state index is 13.0. The number of anilines is 1. The second-order valence-corrected chi connectivity index (χ2v) is 5.63. The lowest BCUT2D eigenvalue weighted by Gasteiger charge is -2.37. The molecule has 0 amide bonds. The van der Waals surface area contributed by atoms with E-state index in [0.717, 1.165) is 22.2 Å². The standard InChI is InChI=1S/C14H15ClFN3/c1-8(2)14-10-3-13(15)17-4-11(10)12(5-18-14)19-6-9(16)7-19/h3-5,8-9H,6-7H2,1-2H3. The minimum atomic E-state index is -0.736. The van der Waals surface area contributed by atoms with Crippen LogP contribution in [-0.4, -0.2) is 29.2 Å². The molecular weight excluding hydrogens is 265 g/mol. The SMILES string of the molecule is CC(C)c1ncc(N2CC(F)C2)c2cnc(Cl)cc12. The summed E-state index contributed by atoms with van der Waals surface area (Å²) in [4.78, 5) is 10.7. The number of hydrogen-bond donors (Lipinski definition) is 0. The van der Waals surface area contributed by atoms with Crippen LogP contribution < -0.4 is 4.90 Å². The molecule has 3 heterocycles. The molecule has 0 saturated carbocycles. The van der Waals surface area contributed by atoms with Gasteiger partial charge in [0.25, 0.3) is 0 Å². The molecule has 5 heteroatoms. The van der Waals surface area contributed by atoms with Gasteiger partial charge in [-0.3, -0.25) is 4.98 Å². The molecule has 0 aromatic carbocycles. The fourth-order valence-corrected chi connectivity index (χ4v) is 2.61. The molecule has 2 aromatic heterocycles. The molecule has 3 nitrogen and oxygen atoms in total. The van der Waals surface area contributed by atoms with E-state index in [-0.39, 0.29) is 0 Å². The van der Waals surface area contributed by atoms with Gasteiger partial charge in [-0.15, -0.1) is 0 Å². The van der Waals surface area contributed by atoms with E-state index < -0.39 is 6.17 Å². The highest BCUT2D eigenvalue weighted by atomic mass is 35.5. The van der Waals surface area contributed by atoms with Crippen LogP contribution in [0.3, 0.4) is 0 Å². The summed E-state index contributed by atoms with van der Waals surface area (Å²) >= 11 is 5.99. The van der Waals surface area contributed by atoms with Gasteiger partial charge in [-0.05, 0) is 12.0 Å². The van der Waals surface area contributed by atoms with Crippen LogP contribution >= 0.6 is 11.6 Å². The number of halogens is 2. The zero-order valence-electron chi connectivity index (χ0n) is 10.9. The molecule has 1 fully saturated rings. The van der Waals surface area contributed by atoms with Gasteiger partial charge in [0.1, 0.15) is 11.3 Å². The number of fused-ring (bicyclic) bond motifs is 1. The van der Waals surface area contributed by atoms with Crippen molar-refractivity contribution >= 4 is 28.1 Å². The van der Waals surface area contributed by atoms with Crippen molar-refractivity contribution in [2.24, 2.45) is 0 Å². The summed E-state index contributed by atoms with van der Waals surface area (Å²) in [5.41, 5.74) is 1.94. The maximum Gasteiger partial charge on any atom is 0.135 e. The Balaban J connectivity index is 2.17. The number of nitrogens with zero attached hydrogens (tertiary/aromatic N) is 3. The predicted octanol–water partition coefficient (Wildman–Crippen LogP) is 3.56. The molecule has 0 bridgehead atoms. The van der Waals surface area contributed by atoms with Gasteiger partial charge in [0.2, 0.25) is 0 Å². The molecule has 0 aliphatic carbocycles. The quantitative estimate of drug-likeness (QED) is 0.787. The first-order valence-electron chi connectivity index (χ1n) is 6.39. The zero-order chi connectivity index (χ0) is 13.6. The number of hydrogen-bond acceptors (Lipinski definition) is 3. The van der Waals surface area contributed by atoms with Crippen molar-refractivity contribution in [3.8, 4) is 0 Å². The van der Waals surface area contributed by atoms with Crippen LogP contribution in [0, 0.1) is 0 Å². The Kier molecular flexibility index (Phi) is 3.05. The monoisotopic (exact) mass is 279 g/mol. The van der Waals surface area contributed by atoms with Crippen LogP contribution in [0.4, 0.5) is 10.1 Å².